The molecule has 0 aliphatic carbocycles. The van der Waals surface area contributed by atoms with Crippen molar-refractivity contribution in [2.24, 2.45) is 0 Å². The highest BCUT2D eigenvalue weighted by molar-refractivity contribution is 5.87. The second-order valence-electron chi connectivity index (χ2n) is 8.03. The molecule has 2 aliphatic rings. The Morgan fingerprint density at radius 1 is 0.552 bits per heavy atom. The van der Waals surface area contributed by atoms with Crippen molar-refractivity contribution in [3.8, 4) is 0 Å². The lowest BCUT2D eigenvalue weighted by Gasteiger charge is -2.57. The molecule has 3 nitrogen and oxygen atoms in total. The normalized spacial score (nSPS) is 19.9. The molecule has 2 aliphatic heterocycles. The molecular formula is C26H23N3. The first-order valence-corrected chi connectivity index (χ1v) is 10.1. The third-order valence-electron chi connectivity index (χ3n) is 6.48. The Balaban J connectivity index is 1.63. The molecule has 4 aromatic carbocycles. The van der Waals surface area contributed by atoms with Crippen LogP contribution in [0.5, 0.6) is 0 Å². The van der Waals surface area contributed by atoms with Gasteiger partial charge in [0.1, 0.15) is 12.3 Å². The zero-order chi connectivity index (χ0) is 19.5. The second-order valence-corrected chi connectivity index (χ2v) is 8.03. The Hall–Kier alpha value is -3.46. The van der Waals surface area contributed by atoms with Gasteiger partial charge in [-0.2, -0.15) is 0 Å². The first kappa shape index (κ1) is 16.5. The zero-order valence-corrected chi connectivity index (χ0v) is 16.7. The predicted molar refractivity (Wildman–Crippen MR) is 122 cm³/mol. The van der Waals surface area contributed by atoms with Gasteiger partial charge >= 0.3 is 0 Å². The molecule has 4 aromatic rings. The van der Waals surface area contributed by atoms with Gasteiger partial charge in [0.25, 0.3) is 0 Å². The predicted octanol–water partition coefficient (Wildman–Crippen LogP) is 5.94. The summed E-state index contributed by atoms with van der Waals surface area (Å²) < 4.78 is 0. The maximum Gasteiger partial charge on any atom is 0.132 e. The van der Waals surface area contributed by atoms with E-state index in [-0.39, 0.29) is 12.3 Å². The van der Waals surface area contributed by atoms with E-state index < -0.39 is 0 Å². The second kappa shape index (κ2) is 6.02. The van der Waals surface area contributed by atoms with Crippen LogP contribution in [0.4, 0.5) is 17.1 Å². The largest absolute Gasteiger partial charge is 0.350 e. The van der Waals surface area contributed by atoms with E-state index in [2.05, 4.69) is 120 Å². The third kappa shape index (κ3) is 2.24. The highest BCUT2D eigenvalue weighted by Gasteiger charge is 2.45. The maximum atomic E-state index is 2.57. The van der Waals surface area contributed by atoms with Crippen LogP contribution in [-0.2, 0) is 0 Å². The van der Waals surface area contributed by atoms with E-state index in [4.69, 9.17) is 0 Å². The highest BCUT2D eigenvalue weighted by atomic mass is 15.5. The van der Waals surface area contributed by atoms with Gasteiger partial charge in [0.2, 0.25) is 0 Å². The molecule has 0 radical (unpaired) electrons. The molecule has 2 bridgehead atoms. The third-order valence-corrected chi connectivity index (χ3v) is 6.48. The first-order valence-electron chi connectivity index (χ1n) is 10.1. The fourth-order valence-corrected chi connectivity index (χ4v) is 5.16. The van der Waals surface area contributed by atoms with Crippen LogP contribution in [0.15, 0.2) is 91.0 Å². The van der Waals surface area contributed by atoms with Gasteiger partial charge in [-0.05, 0) is 35.0 Å². The van der Waals surface area contributed by atoms with Crippen molar-refractivity contribution >= 4 is 27.8 Å². The molecule has 0 fully saturated rings. The average Bonchev–Trinajstić information content (AvgIpc) is 2.78. The number of fused-ring (bicyclic) bond motifs is 7. The lowest BCUT2D eigenvalue weighted by atomic mass is 9.92. The summed E-state index contributed by atoms with van der Waals surface area (Å²) in [5, 5.41) is 2.56. The molecule has 0 saturated carbocycles. The molecule has 2 unspecified atom stereocenters. The maximum absolute atomic E-state index is 2.57. The molecule has 0 saturated heterocycles. The monoisotopic (exact) mass is 377 g/mol. The number of para-hydroxylation sites is 2. The molecule has 0 amide bonds. The Morgan fingerprint density at radius 3 is 1.69 bits per heavy atom. The SMILES string of the molecule is CN1c2ccccc2C2N(C)c3ccccc3C1N2c1ccc2ccccc2c1. The minimum atomic E-state index is 0.156. The zero-order valence-electron chi connectivity index (χ0n) is 16.7. The fraction of sp³-hybridized carbons (Fsp3) is 0.154. The van der Waals surface area contributed by atoms with Gasteiger partial charge in [0.15, 0.2) is 0 Å². The van der Waals surface area contributed by atoms with Gasteiger partial charge in [-0.3, -0.25) is 0 Å². The Kier molecular flexibility index (Phi) is 3.42. The van der Waals surface area contributed by atoms with Crippen LogP contribution in [-0.4, -0.2) is 14.1 Å². The lowest BCUT2D eigenvalue weighted by molar-refractivity contribution is 0.464. The van der Waals surface area contributed by atoms with E-state index in [1.165, 1.54) is 39.0 Å². The van der Waals surface area contributed by atoms with E-state index in [9.17, 15) is 0 Å². The number of rotatable bonds is 1. The van der Waals surface area contributed by atoms with E-state index in [0.717, 1.165) is 0 Å². The first-order chi connectivity index (χ1) is 14.2. The van der Waals surface area contributed by atoms with E-state index in [0.29, 0.717) is 0 Å². The molecule has 2 heterocycles. The van der Waals surface area contributed by atoms with Crippen molar-refractivity contribution < 1.29 is 0 Å². The Bertz CT molecular complexity index is 1170. The molecule has 29 heavy (non-hydrogen) atoms. The molecule has 0 spiro atoms. The van der Waals surface area contributed by atoms with Gasteiger partial charge in [-0.15, -0.1) is 0 Å². The van der Waals surface area contributed by atoms with Crippen molar-refractivity contribution in [2.45, 2.75) is 12.3 Å². The van der Waals surface area contributed by atoms with Crippen LogP contribution in [0.25, 0.3) is 10.8 Å². The summed E-state index contributed by atoms with van der Waals surface area (Å²) in [6.45, 7) is 0. The van der Waals surface area contributed by atoms with Crippen LogP contribution in [0.3, 0.4) is 0 Å². The topological polar surface area (TPSA) is 9.72 Å². The molecular weight excluding hydrogens is 354 g/mol. The number of nitrogens with zero attached hydrogens (tertiary/aromatic N) is 3. The quantitative estimate of drug-likeness (QED) is 0.406. The van der Waals surface area contributed by atoms with Crippen LogP contribution in [0, 0.1) is 0 Å². The van der Waals surface area contributed by atoms with Gasteiger partial charge < -0.3 is 14.7 Å². The van der Waals surface area contributed by atoms with E-state index in [1.54, 1.807) is 0 Å². The summed E-state index contributed by atoms with van der Waals surface area (Å²) in [5.41, 5.74) is 6.55. The summed E-state index contributed by atoms with van der Waals surface area (Å²) in [6, 6.07) is 33.1. The summed E-state index contributed by atoms with van der Waals surface area (Å²) in [5.74, 6) is 0. The van der Waals surface area contributed by atoms with Gasteiger partial charge in [0.05, 0.1) is 0 Å². The van der Waals surface area contributed by atoms with E-state index >= 15 is 0 Å². The molecule has 3 heteroatoms. The number of hydrogen-bond donors (Lipinski definition) is 0. The highest BCUT2D eigenvalue weighted by Crippen LogP contribution is 2.53. The van der Waals surface area contributed by atoms with Crippen LogP contribution >= 0.6 is 0 Å². The van der Waals surface area contributed by atoms with Crippen molar-refractivity contribution in [1.29, 1.82) is 0 Å². The standard InChI is InChI=1S/C26H23N3/c1-27-23-13-7-5-11-21(23)26-28(2)24-14-8-6-12-22(24)25(27)29(26)20-16-15-18-9-3-4-10-19(18)17-20/h3-17,25-26H,1-2H3. The van der Waals surface area contributed by atoms with Gasteiger partial charge in [0, 0.05) is 42.3 Å². The van der Waals surface area contributed by atoms with Crippen molar-refractivity contribution in [3.63, 3.8) is 0 Å². The Labute approximate surface area is 171 Å². The Morgan fingerprint density at radius 2 is 1.07 bits per heavy atom. The minimum Gasteiger partial charge on any atom is -0.350 e. The smallest absolute Gasteiger partial charge is 0.132 e. The van der Waals surface area contributed by atoms with Gasteiger partial charge in [-0.1, -0.05) is 66.7 Å². The average molecular weight is 377 g/mol. The van der Waals surface area contributed by atoms with Crippen molar-refractivity contribution in [1.82, 2.24) is 0 Å². The number of hydrogen-bond acceptors (Lipinski definition) is 3. The number of benzene rings is 4. The number of anilines is 3. The van der Waals surface area contributed by atoms with E-state index in [1.807, 2.05) is 0 Å². The summed E-state index contributed by atoms with van der Waals surface area (Å²) in [7, 11) is 4.44. The summed E-state index contributed by atoms with van der Waals surface area (Å²) in [6.07, 6.45) is 0.312. The lowest BCUT2D eigenvalue weighted by Crippen LogP contribution is -2.55. The fourth-order valence-electron chi connectivity index (χ4n) is 5.16. The molecule has 142 valence electrons. The molecule has 0 aromatic heterocycles. The van der Waals surface area contributed by atoms with Crippen LogP contribution in [0.1, 0.15) is 23.5 Å². The summed E-state index contributed by atoms with van der Waals surface area (Å²) in [4.78, 5) is 7.41. The molecule has 6 rings (SSSR count). The van der Waals surface area contributed by atoms with Crippen molar-refractivity contribution in [3.05, 3.63) is 102 Å². The van der Waals surface area contributed by atoms with Crippen molar-refractivity contribution in [2.75, 3.05) is 28.8 Å². The van der Waals surface area contributed by atoms with Crippen LogP contribution < -0.4 is 14.7 Å². The summed E-state index contributed by atoms with van der Waals surface area (Å²) >= 11 is 0. The van der Waals surface area contributed by atoms with Gasteiger partial charge in [-0.25, -0.2) is 0 Å². The molecule has 0 N–H and O–H groups in total. The van der Waals surface area contributed by atoms with Crippen LogP contribution in [0.2, 0.25) is 0 Å². The molecule has 2 atom stereocenters. The minimum absolute atomic E-state index is 0.156.